The highest BCUT2D eigenvalue weighted by Crippen LogP contribution is 2.26. The normalized spacial score (nSPS) is 23.3. The van der Waals surface area contributed by atoms with Crippen LogP contribution in [-0.2, 0) is 20.9 Å². The highest BCUT2D eigenvalue weighted by molar-refractivity contribution is 5.88. The quantitative estimate of drug-likeness (QED) is 0.724. The van der Waals surface area contributed by atoms with Crippen LogP contribution in [0.15, 0.2) is 24.3 Å². The maximum Gasteiger partial charge on any atom is 0.242 e. The topological polar surface area (TPSA) is 70.2 Å². The lowest BCUT2D eigenvalue weighted by Crippen LogP contribution is -2.57. The first kappa shape index (κ1) is 21.7. The fourth-order valence-electron chi connectivity index (χ4n) is 5.17. The number of hydrogen-bond acceptors (Lipinski definition) is 4. The average Bonchev–Trinajstić information content (AvgIpc) is 2.80. The number of amides is 3. The first-order valence-electron chi connectivity index (χ1n) is 11.5. The number of methoxy groups -OCH3 is 1. The maximum atomic E-state index is 13.2. The standard InChI is InChI=1S/C24H33N3O4/c1-31-21-9-5-6-18(14-21)15-26-16-19(10-11-22(26)28)24(30)25-12-13-27(23(29)17-25)20-7-3-2-4-8-20/h5-6,9,14,19-20H,2-4,7-8,10-13,15-17H2,1H3/t19-/m0/s1. The monoisotopic (exact) mass is 427 g/mol. The predicted molar refractivity (Wildman–Crippen MR) is 116 cm³/mol. The number of hydrogen-bond donors (Lipinski definition) is 0. The molecule has 1 aliphatic carbocycles. The molecule has 3 fully saturated rings. The van der Waals surface area contributed by atoms with Gasteiger partial charge in [0.05, 0.1) is 19.6 Å². The van der Waals surface area contributed by atoms with Crippen molar-refractivity contribution >= 4 is 17.7 Å². The van der Waals surface area contributed by atoms with Gasteiger partial charge in [0, 0.05) is 38.6 Å². The summed E-state index contributed by atoms with van der Waals surface area (Å²) in [5.41, 5.74) is 0.983. The van der Waals surface area contributed by atoms with Crippen molar-refractivity contribution < 1.29 is 19.1 Å². The third kappa shape index (κ3) is 5.02. The van der Waals surface area contributed by atoms with Crippen LogP contribution in [0.25, 0.3) is 0 Å². The second-order valence-electron chi connectivity index (χ2n) is 9.00. The van der Waals surface area contributed by atoms with Crippen molar-refractivity contribution in [3.63, 3.8) is 0 Å². The van der Waals surface area contributed by atoms with Gasteiger partial charge in [-0.25, -0.2) is 0 Å². The molecule has 0 radical (unpaired) electrons. The third-order valence-electron chi connectivity index (χ3n) is 6.94. The number of nitrogens with zero attached hydrogens (tertiary/aromatic N) is 3. The Labute approximate surface area is 184 Å². The van der Waals surface area contributed by atoms with E-state index in [9.17, 15) is 14.4 Å². The molecule has 1 aromatic rings. The Hall–Kier alpha value is -2.57. The molecule has 0 spiro atoms. The van der Waals surface area contributed by atoms with Crippen molar-refractivity contribution in [1.29, 1.82) is 0 Å². The SMILES string of the molecule is COc1cccc(CN2C[C@@H](C(=O)N3CCN(C4CCCCC4)C(=O)C3)CCC2=O)c1. The van der Waals surface area contributed by atoms with Crippen molar-refractivity contribution in [3.05, 3.63) is 29.8 Å². The minimum atomic E-state index is -0.239. The van der Waals surface area contributed by atoms with E-state index in [2.05, 4.69) is 0 Å². The zero-order valence-corrected chi connectivity index (χ0v) is 18.4. The molecule has 2 aliphatic heterocycles. The van der Waals surface area contributed by atoms with Crippen LogP contribution in [0.3, 0.4) is 0 Å². The molecule has 7 heteroatoms. The number of ether oxygens (including phenoxy) is 1. The minimum Gasteiger partial charge on any atom is -0.497 e. The average molecular weight is 428 g/mol. The molecule has 168 valence electrons. The summed E-state index contributed by atoms with van der Waals surface area (Å²) in [5.74, 6) is 0.678. The summed E-state index contributed by atoms with van der Waals surface area (Å²) >= 11 is 0. The van der Waals surface area contributed by atoms with Gasteiger partial charge in [-0.2, -0.15) is 0 Å². The third-order valence-corrected chi connectivity index (χ3v) is 6.94. The molecule has 3 aliphatic rings. The van der Waals surface area contributed by atoms with Gasteiger partial charge < -0.3 is 19.4 Å². The number of carbonyl (C=O) groups excluding carboxylic acids is 3. The molecule has 0 unspecified atom stereocenters. The molecule has 3 amide bonds. The lowest BCUT2D eigenvalue weighted by Gasteiger charge is -2.42. The van der Waals surface area contributed by atoms with Crippen LogP contribution < -0.4 is 4.74 Å². The number of rotatable bonds is 5. The number of piperidine rings is 1. The van der Waals surface area contributed by atoms with Crippen molar-refractivity contribution in [1.82, 2.24) is 14.7 Å². The summed E-state index contributed by atoms with van der Waals surface area (Å²) in [6.45, 7) is 2.28. The van der Waals surface area contributed by atoms with Gasteiger partial charge in [-0.3, -0.25) is 14.4 Å². The molecular formula is C24H33N3O4. The molecule has 4 rings (SSSR count). The lowest BCUT2D eigenvalue weighted by atomic mass is 9.93. The van der Waals surface area contributed by atoms with Crippen molar-refractivity contribution in [2.75, 3.05) is 33.3 Å². The molecule has 0 bridgehead atoms. The lowest BCUT2D eigenvalue weighted by molar-refractivity contribution is -0.152. The Bertz CT molecular complexity index is 821. The largest absolute Gasteiger partial charge is 0.497 e. The van der Waals surface area contributed by atoms with E-state index >= 15 is 0 Å². The Morgan fingerprint density at radius 2 is 1.87 bits per heavy atom. The van der Waals surface area contributed by atoms with E-state index in [1.807, 2.05) is 29.2 Å². The van der Waals surface area contributed by atoms with Crippen LogP contribution in [0.5, 0.6) is 5.75 Å². The van der Waals surface area contributed by atoms with Crippen LogP contribution in [0.2, 0.25) is 0 Å². The van der Waals surface area contributed by atoms with Crippen molar-refractivity contribution in [2.24, 2.45) is 5.92 Å². The van der Waals surface area contributed by atoms with Crippen molar-refractivity contribution in [2.45, 2.75) is 57.5 Å². The van der Waals surface area contributed by atoms with Gasteiger partial charge >= 0.3 is 0 Å². The van der Waals surface area contributed by atoms with Gasteiger partial charge in [-0.1, -0.05) is 31.4 Å². The Morgan fingerprint density at radius 1 is 1.06 bits per heavy atom. The van der Waals surface area contributed by atoms with Crippen LogP contribution in [0, 0.1) is 5.92 Å². The van der Waals surface area contributed by atoms with E-state index in [0.29, 0.717) is 45.1 Å². The predicted octanol–water partition coefficient (Wildman–Crippen LogP) is 2.44. The smallest absolute Gasteiger partial charge is 0.242 e. The van der Waals surface area contributed by atoms with E-state index in [-0.39, 0.29) is 30.2 Å². The summed E-state index contributed by atoms with van der Waals surface area (Å²) in [4.78, 5) is 43.9. The molecule has 0 aromatic heterocycles. The van der Waals surface area contributed by atoms with Gasteiger partial charge in [-0.15, -0.1) is 0 Å². The Morgan fingerprint density at radius 3 is 2.61 bits per heavy atom. The highest BCUT2D eigenvalue weighted by atomic mass is 16.5. The van der Waals surface area contributed by atoms with Gasteiger partial charge in [0.25, 0.3) is 0 Å². The highest BCUT2D eigenvalue weighted by Gasteiger charge is 2.37. The molecule has 1 atom stereocenters. The Kier molecular flexibility index (Phi) is 6.78. The second-order valence-corrected chi connectivity index (χ2v) is 9.00. The maximum absolute atomic E-state index is 13.2. The van der Waals surface area contributed by atoms with Crippen molar-refractivity contribution in [3.8, 4) is 5.75 Å². The molecular weight excluding hydrogens is 394 g/mol. The summed E-state index contributed by atoms with van der Waals surface area (Å²) in [7, 11) is 1.62. The van der Waals surface area contributed by atoms with Crippen LogP contribution in [0.1, 0.15) is 50.5 Å². The summed E-state index contributed by atoms with van der Waals surface area (Å²) in [6.07, 6.45) is 6.75. The second kappa shape index (κ2) is 9.71. The van der Waals surface area contributed by atoms with Gasteiger partial charge in [-0.05, 0) is 37.0 Å². The molecule has 7 nitrogen and oxygen atoms in total. The van der Waals surface area contributed by atoms with E-state index in [4.69, 9.17) is 4.74 Å². The summed E-state index contributed by atoms with van der Waals surface area (Å²) in [6, 6.07) is 8.01. The fourth-order valence-corrected chi connectivity index (χ4v) is 5.17. The van der Waals surface area contributed by atoms with E-state index in [1.165, 1.54) is 19.3 Å². The number of benzene rings is 1. The first-order valence-corrected chi connectivity index (χ1v) is 11.5. The minimum absolute atomic E-state index is 0.0137. The van der Waals surface area contributed by atoms with Crippen LogP contribution in [0.4, 0.5) is 0 Å². The van der Waals surface area contributed by atoms with E-state index < -0.39 is 0 Å². The molecule has 2 heterocycles. The van der Waals surface area contributed by atoms with E-state index in [1.54, 1.807) is 16.9 Å². The molecule has 1 saturated carbocycles. The zero-order valence-electron chi connectivity index (χ0n) is 18.4. The van der Waals surface area contributed by atoms with E-state index in [0.717, 1.165) is 24.2 Å². The summed E-state index contributed by atoms with van der Waals surface area (Å²) in [5, 5.41) is 0. The first-order chi connectivity index (χ1) is 15.0. The molecule has 31 heavy (non-hydrogen) atoms. The van der Waals surface area contributed by atoms with Gasteiger partial charge in [0.15, 0.2) is 0 Å². The van der Waals surface area contributed by atoms with Gasteiger partial charge in [0.1, 0.15) is 5.75 Å². The molecule has 2 saturated heterocycles. The Balaban J connectivity index is 1.35. The fraction of sp³-hybridized carbons (Fsp3) is 0.625. The van der Waals surface area contributed by atoms with Gasteiger partial charge in [0.2, 0.25) is 17.7 Å². The number of carbonyl (C=O) groups is 3. The van der Waals surface area contributed by atoms with Crippen LogP contribution in [-0.4, -0.2) is 71.8 Å². The molecule has 1 aromatic carbocycles. The zero-order chi connectivity index (χ0) is 21.8. The number of likely N-dealkylation sites (tertiary alicyclic amines) is 1. The number of piperazine rings is 1. The van der Waals surface area contributed by atoms with Crippen LogP contribution >= 0.6 is 0 Å². The molecule has 0 N–H and O–H groups in total. The summed E-state index contributed by atoms with van der Waals surface area (Å²) < 4.78 is 5.27.